The Hall–Kier alpha value is -2.64. The van der Waals surface area contributed by atoms with Gasteiger partial charge in [-0.05, 0) is 31.5 Å². The molecule has 0 aromatic carbocycles. The molecule has 8 heteroatoms. The molecule has 122 valence electrons. The van der Waals surface area contributed by atoms with Crippen molar-refractivity contribution in [2.45, 2.75) is 20.0 Å². The quantitative estimate of drug-likeness (QED) is 0.940. The maximum atomic E-state index is 12.8. The van der Waals surface area contributed by atoms with Crippen molar-refractivity contribution in [3.05, 3.63) is 46.9 Å². The van der Waals surface area contributed by atoms with E-state index in [1.165, 1.54) is 14.0 Å². The van der Waals surface area contributed by atoms with E-state index >= 15 is 0 Å². The number of anilines is 1. The second-order valence-electron chi connectivity index (χ2n) is 4.88. The molecule has 0 saturated carbocycles. The number of pyridine rings is 2. The van der Waals surface area contributed by atoms with Crippen LogP contribution >= 0.6 is 0 Å². The van der Waals surface area contributed by atoms with Crippen LogP contribution in [0.4, 0.5) is 18.9 Å². The smallest absolute Gasteiger partial charge is 0.417 e. The van der Waals surface area contributed by atoms with E-state index in [-0.39, 0.29) is 22.8 Å². The minimum atomic E-state index is -4.57. The zero-order valence-electron chi connectivity index (χ0n) is 12.7. The maximum Gasteiger partial charge on any atom is 0.417 e. The zero-order valence-corrected chi connectivity index (χ0v) is 12.7. The van der Waals surface area contributed by atoms with E-state index < -0.39 is 17.6 Å². The molecule has 23 heavy (non-hydrogen) atoms. The molecule has 2 rings (SSSR count). The molecule has 5 nitrogen and oxygen atoms in total. The normalized spacial score (nSPS) is 11.2. The first-order chi connectivity index (χ1) is 10.7. The molecule has 0 aliphatic heterocycles. The van der Waals surface area contributed by atoms with Gasteiger partial charge in [-0.1, -0.05) is 0 Å². The van der Waals surface area contributed by atoms with E-state index in [4.69, 9.17) is 4.74 Å². The van der Waals surface area contributed by atoms with Crippen LogP contribution in [0.5, 0.6) is 5.88 Å². The average molecular weight is 325 g/mol. The van der Waals surface area contributed by atoms with Gasteiger partial charge in [0.15, 0.2) is 0 Å². The van der Waals surface area contributed by atoms with Gasteiger partial charge in [0, 0.05) is 12.4 Å². The summed E-state index contributed by atoms with van der Waals surface area (Å²) in [5.41, 5.74) is 0.0790. The van der Waals surface area contributed by atoms with Crippen LogP contribution in [0, 0.1) is 13.8 Å². The number of alkyl halides is 3. The summed E-state index contributed by atoms with van der Waals surface area (Å²) in [6.45, 7) is 3.22. The molecule has 0 aliphatic rings. The largest absolute Gasteiger partial charge is 0.480 e. The van der Waals surface area contributed by atoms with Crippen LogP contribution in [-0.4, -0.2) is 23.0 Å². The summed E-state index contributed by atoms with van der Waals surface area (Å²) in [5, 5.41) is 2.50. The molecule has 0 spiro atoms. The van der Waals surface area contributed by atoms with Crippen LogP contribution in [0.2, 0.25) is 0 Å². The van der Waals surface area contributed by atoms with Crippen molar-refractivity contribution in [1.82, 2.24) is 9.97 Å². The van der Waals surface area contributed by atoms with E-state index in [1.54, 1.807) is 19.2 Å². The Labute approximate surface area is 130 Å². The maximum absolute atomic E-state index is 12.8. The van der Waals surface area contributed by atoms with Crippen molar-refractivity contribution in [3.8, 4) is 5.88 Å². The van der Waals surface area contributed by atoms with Gasteiger partial charge in [-0.25, -0.2) is 4.98 Å². The number of carbonyl (C=O) groups excluding carboxylic acids is 1. The Bertz CT molecular complexity index is 745. The highest BCUT2D eigenvalue weighted by Gasteiger charge is 2.32. The third-order valence-corrected chi connectivity index (χ3v) is 3.09. The minimum absolute atomic E-state index is 0.164. The van der Waals surface area contributed by atoms with Gasteiger partial charge in [-0.2, -0.15) is 13.2 Å². The Kier molecular flexibility index (Phi) is 4.53. The lowest BCUT2D eigenvalue weighted by atomic mass is 10.1. The summed E-state index contributed by atoms with van der Waals surface area (Å²) < 4.78 is 43.3. The van der Waals surface area contributed by atoms with Crippen molar-refractivity contribution in [2.75, 3.05) is 12.4 Å². The first-order valence-corrected chi connectivity index (χ1v) is 6.58. The number of halogens is 3. The van der Waals surface area contributed by atoms with Gasteiger partial charge in [0.1, 0.15) is 5.69 Å². The molecule has 0 fully saturated rings. The molecule has 1 amide bonds. The number of carbonyl (C=O) groups is 1. The van der Waals surface area contributed by atoms with Crippen molar-refractivity contribution in [1.29, 1.82) is 0 Å². The predicted octanol–water partition coefficient (Wildman–Crippen LogP) is 3.37. The zero-order chi connectivity index (χ0) is 17.2. The number of methoxy groups -OCH3 is 1. The molecular weight excluding hydrogens is 311 g/mol. The number of ether oxygens (including phenoxy) is 1. The standard InChI is InChI=1S/C15H14F3N3O2/c1-8-4-12(14(23-3)20-6-8)21-13(22)11-5-10(15(16,17)18)7-19-9(11)2/h4-7H,1-3H3,(H,21,22). The summed E-state index contributed by atoms with van der Waals surface area (Å²) in [6.07, 6.45) is -2.33. The molecule has 2 heterocycles. The van der Waals surface area contributed by atoms with Gasteiger partial charge in [0.25, 0.3) is 5.91 Å². The number of nitrogens with one attached hydrogen (secondary N) is 1. The molecule has 0 unspecified atom stereocenters. The number of nitrogens with zero attached hydrogens (tertiary/aromatic N) is 2. The van der Waals surface area contributed by atoms with E-state index in [0.717, 1.165) is 11.6 Å². The number of aromatic nitrogens is 2. The lowest BCUT2D eigenvalue weighted by molar-refractivity contribution is -0.137. The van der Waals surface area contributed by atoms with Crippen LogP contribution in [0.15, 0.2) is 24.5 Å². The van der Waals surface area contributed by atoms with E-state index in [1.807, 2.05) is 0 Å². The van der Waals surface area contributed by atoms with E-state index in [9.17, 15) is 18.0 Å². The van der Waals surface area contributed by atoms with Crippen LogP contribution in [0.1, 0.15) is 27.2 Å². The Balaban J connectivity index is 2.37. The summed E-state index contributed by atoms with van der Waals surface area (Å²) in [5.74, 6) is -0.548. The fraction of sp³-hybridized carbons (Fsp3) is 0.267. The second kappa shape index (κ2) is 6.23. The van der Waals surface area contributed by atoms with Crippen molar-refractivity contribution < 1.29 is 22.7 Å². The molecule has 1 N–H and O–H groups in total. The lowest BCUT2D eigenvalue weighted by Crippen LogP contribution is -2.17. The highest BCUT2D eigenvalue weighted by atomic mass is 19.4. The van der Waals surface area contributed by atoms with Crippen molar-refractivity contribution >= 4 is 11.6 Å². The number of aryl methyl sites for hydroxylation is 2. The molecule has 2 aromatic rings. The lowest BCUT2D eigenvalue weighted by Gasteiger charge is -2.12. The Morgan fingerprint density at radius 1 is 1.17 bits per heavy atom. The summed E-state index contributed by atoms with van der Waals surface area (Å²) >= 11 is 0. The molecule has 2 aromatic heterocycles. The van der Waals surface area contributed by atoms with Gasteiger partial charge in [0.05, 0.1) is 23.9 Å². The van der Waals surface area contributed by atoms with Crippen LogP contribution in [0.3, 0.4) is 0 Å². The summed E-state index contributed by atoms with van der Waals surface area (Å²) in [7, 11) is 1.38. The van der Waals surface area contributed by atoms with Crippen LogP contribution in [0.25, 0.3) is 0 Å². The van der Waals surface area contributed by atoms with Gasteiger partial charge in [-0.3, -0.25) is 9.78 Å². The van der Waals surface area contributed by atoms with Gasteiger partial charge >= 0.3 is 6.18 Å². The average Bonchev–Trinajstić information content (AvgIpc) is 2.46. The minimum Gasteiger partial charge on any atom is -0.480 e. The Morgan fingerprint density at radius 3 is 2.48 bits per heavy atom. The van der Waals surface area contributed by atoms with Crippen LogP contribution < -0.4 is 10.1 Å². The van der Waals surface area contributed by atoms with Crippen LogP contribution in [-0.2, 0) is 6.18 Å². The Morgan fingerprint density at radius 2 is 1.87 bits per heavy atom. The first-order valence-electron chi connectivity index (χ1n) is 6.58. The number of rotatable bonds is 3. The fourth-order valence-electron chi connectivity index (χ4n) is 1.92. The number of hydrogen-bond acceptors (Lipinski definition) is 4. The van der Waals surface area contributed by atoms with Gasteiger partial charge in [-0.15, -0.1) is 0 Å². The molecule has 0 atom stereocenters. The monoisotopic (exact) mass is 325 g/mol. The molecular formula is C15H14F3N3O2. The SMILES string of the molecule is COc1ncc(C)cc1NC(=O)c1cc(C(F)(F)F)cnc1C. The highest BCUT2D eigenvalue weighted by molar-refractivity contribution is 6.05. The number of amides is 1. The highest BCUT2D eigenvalue weighted by Crippen LogP contribution is 2.30. The van der Waals surface area contributed by atoms with Gasteiger partial charge < -0.3 is 10.1 Å². The predicted molar refractivity (Wildman–Crippen MR) is 77.5 cm³/mol. The molecule has 0 radical (unpaired) electrons. The van der Waals surface area contributed by atoms with Crippen molar-refractivity contribution in [3.63, 3.8) is 0 Å². The molecule has 0 bridgehead atoms. The van der Waals surface area contributed by atoms with Gasteiger partial charge in [0.2, 0.25) is 5.88 Å². The number of hydrogen-bond donors (Lipinski definition) is 1. The van der Waals surface area contributed by atoms with E-state index in [0.29, 0.717) is 6.20 Å². The van der Waals surface area contributed by atoms with E-state index in [2.05, 4.69) is 15.3 Å². The third kappa shape index (κ3) is 3.77. The second-order valence-corrected chi connectivity index (χ2v) is 4.88. The topological polar surface area (TPSA) is 64.1 Å². The summed E-state index contributed by atoms with van der Waals surface area (Å²) in [4.78, 5) is 19.9. The third-order valence-electron chi connectivity index (χ3n) is 3.09. The molecule has 0 aliphatic carbocycles. The fourth-order valence-corrected chi connectivity index (χ4v) is 1.92. The first kappa shape index (κ1) is 16.7. The summed E-state index contributed by atoms with van der Waals surface area (Å²) in [6, 6.07) is 2.38. The molecule has 0 saturated heterocycles. The van der Waals surface area contributed by atoms with Crippen molar-refractivity contribution in [2.24, 2.45) is 0 Å².